The van der Waals surface area contributed by atoms with Gasteiger partial charge in [0.25, 0.3) is 0 Å². The lowest BCUT2D eigenvalue weighted by Gasteiger charge is -2.07. The fourth-order valence-electron chi connectivity index (χ4n) is 1.85. The SMILES string of the molecule is CCOC(=O)c1cn[nH]c1Cc1ccc(C(F)(F)F)cc1. The fourth-order valence-corrected chi connectivity index (χ4v) is 1.85. The predicted molar refractivity (Wildman–Crippen MR) is 68.8 cm³/mol. The van der Waals surface area contributed by atoms with Gasteiger partial charge in [-0.1, -0.05) is 12.1 Å². The number of ether oxygens (including phenoxy) is 1. The zero-order chi connectivity index (χ0) is 15.5. The van der Waals surface area contributed by atoms with E-state index in [-0.39, 0.29) is 18.6 Å². The summed E-state index contributed by atoms with van der Waals surface area (Å²) in [6, 6.07) is 4.77. The number of alkyl halides is 3. The summed E-state index contributed by atoms with van der Waals surface area (Å²) in [4.78, 5) is 11.7. The molecule has 0 atom stereocenters. The second-order valence-corrected chi connectivity index (χ2v) is 4.35. The van der Waals surface area contributed by atoms with E-state index in [0.717, 1.165) is 12.1 Å². The molecule has 0 aliphatic heterocycles. The van der Waals surface area contributed by atoms with Crippen molar-refractivity contribution in [2.75, 3.05) is 6.61 Å². The van der Waals surface area contributed by atoms with Gasteiger partial charge >= 0.3 is 12.1 Å². The van der Waals surface area contributed by atoms with E-state index < -0.39 is 17.7 Å². The van der Waals surface area contributed by atoms with Gasteiger partial charge in [-0.3, -0.25) is 5.10 Å². The summed E-state index contributed by atoms with van der Waals surface area (Å²) in [5.74, 6) is -0.506. The summed E-state index contributed by atoms with van der Waals surface area (Å²) in [5.41, 5.74) is 0.726. The number of carbonyl (C=O) groups excluding carboxylic acids is 1. The van der Waals surface area contributed by atoms with E-state index in [0.29, 0.717) is 11.3 Å². The van der Waals surface area contributed by atoms with Crippen molar-refractivity contribution in [1.82, 2.24) is 10.2 Å². The number of hydrogen-bond donors (Lipinski definition) is 1. The number of rotatable bonds is 4. The molecule has 0 unspecified atom stereocenters. The van der Waals surface area contributed by atoms with E-state index in [1.54, 1.807) is 6.92 Å². The average molecular weight is 298 g/mol. The van der Waals surface area contributed by atoms with E-state index in [2.05, 4.69) is 10.2 Å². The van der Waals surface area contributed by atoms with Gasteiger partial charge in [0, 0.05) is 6.42 Å². The Morgan fingerprint density at radius 3 is 2.52 bits per heavy atom. The molecule has 0 radical (unpaired) electrons. The minimum atomic E-state index is -4.36. The number of benzene rings is 1. The summed E-state index contributed by atoms with van der Waals surface area (Å²) in [7, 11) is 0. The van der Waals surface area contributed by atoms with Crippen LogP contribution in [0.2, 0.25) is 0 Å². The number of nitrogens with zero attached hydrogens (tertiary/aromatic N) is 1. The van der Waals surface area contributed by atoms with Gasteiger partial charge in [-0.05, 0) is 24.6 Å². The number of aromatic amines is 1. The highest BCUT2D eigenvalue weighted by molar-refractivity contribution is 5.90. The third-order valence-corrected chi connectivity index (χ3v) is 2.88. The molecule has 0 fully saturated rings. The first-order valence-corrected chi connectivity index (χ1v) is 6.27. The van der Waals surface area contributed by atoms with Gasteiger partial charge in [0.2, 0.25) is 0 Å². The van der Waals surface area contributed by atoms with Gasteiger partial charge < -0.3 is 4.74 Å². The highest BCUT2D eigenvalue weighted by Gasteiger charge is 2.30. The van der Waals surface area contributed by atoms with Crippen LogP contribution in [0, 0.1) is 0 Å². The maximum Gasteiger partial charge on any atom is 0.416 e. The van der Waals surface area contributed by atoms with Crippen molar-refractivity contribution < 1.29 is 22.7 Å². The Bertz CT molecular complexity index is 618. The Kier molecular flexibility index (Phi) is 4.30. The molecule has 0 bridgehead atoms. The lowest BCUT2D eigenvalue weighted by Crippen LogP contribution is -2.07. The number of aromatic nitrogens is 2. The number of esters is 1. The normalized spacial score (nSPS) is 11.4. The molecule has 0 saturated heterocycles. The lowest BCUT2D eigenvalue weighted by atomic mass is 10.0. The van der Waals surface area contributed by atoms with Crippen LogP contribution in [-0.4, -0.2) is 22.8 Å². The molecule has 112 valence electrons. The van der Waals surface area contributed by atoms with Crippen LogP contribution in [0.25, 0.3) is 0 Å². The summed E-state index contributed by atoms with van der Waals surface area (Å²) < 4.78 is 42.3. The second-order valence-electron chi connectivity index (χ2n) is 4.35. The van der Waals surface area contributed by atoms with E-state index in [1.807, 2.05) is 0 Å². The Morgan fingerprint density at radius 1 is 1.29 bits per heavy atom. The maximum absolute atomic E-state index is 12.5. The molecular formula is C14H13F3N2O2. The van der Waals surface area contributed by atoms with Crippen molar-refractivity contribution in [2.24, 2.45) is 0 Å². The van der Waals surface area contributed by atoms with E-state index in [9.17, 15) is 18.0 Å². The van der Waals surface area contributed by atoms with Gasteiger partial charge in [0.05, 0.1) is 24.1 Å². The number of carbonyl (C=O) groups is 1. The van der Waals surface area contributed by atoms with Gasteiger partial charge in [0.1, 0.15) is 5.56 Å². The first-order valence-electron chi connectivity index (χ1n) is 6.27. The first kappa shape index (κ1) is 15.1. The molecule has 0 amide bonds. The molecule has 1 aromatic heterocycles. The number of halogens is 3. The van der Waals surface area contributed by atoms with E-state index >= 15 is 0 Å². The van der Waals surface area contributed by atoms with Crippen LogP contribution < -0.4 is 0 Å². The molecule has 7 heteroatoms. The van der Waals surface area contributed by atoms with Gasteiger partial charge in [-0.2, -0.15) is 18.3 Å². The van der Waals surface area contributed by atoms with Crippen LogP contribution in [-0.2, 0) is 17.3 Å². The van der Waals surface area contributed by atoms with Crippen molar-refractivity contribution in [1.29, 1.82) is 0 Å². The average Bonchev–Trinajstić information content (AvgIpc) is 2.87. The van der Waals surface area contributed by atoms with Crippen LogP contribution in [0.3, 0.4) is 0 Å². The third-order valence-electron chi connectivity index (χ3n) is 2.88. The largest absolute Gasteiger partial charge is 0.462 e. The number of nitrogens with one attached hydrogen (secondary N) is 1. The molecule has 0 aliphatic carbocycles. The minimum Gasteiger partial charge on any atom is -0.462 e. The minimum absolute atomic E-state index is 0.240. The quantitative estimate of drug-likeness (QED) is 0.882. The van der Waals surface area contributed by atoms with E-state index in [4.69, 9.17) is 4.74 Å². The molecule has 4 nitrogen and oxygen atoms in total. The van der Waals surface area contributed by atoms with Gasteiger partial charge in [-0.25, -0.2) is 4.79 Å². The topological polar surface area (TPSA) is 55.0 Å². The van der Waals surface area contributed by atoms with Crippen molar-refractivity contribution in [2.45, 2.75) is 19.5 Å². The molecule has 2 aromatic rings. The molecule has 0 aliphatic rings. The zero-order valence-electron chi connectivity index (χ0n) is 11.2. The second kappa shape index (κ2) is 5.99. The van der Waals surface area contributed by atoms with Crippen LogP contribution in [0.4, 0.5) is 13.2 Å². The molecule has 2 rings (SSSR count). The fraction of sp³-hybridized carbons (Fsp3) is 0.286. The Morgan fingerprint density at radius 2 is 1.95 bits per heavy atom. The summed E-state index contributed by atoms with van der Waals surface area (Å²) in [6.07, 6.45) is -2.74. The summed E-state index contributed by atoms with van der Waals surface area (Å²) >= 11 is 0. The number of hydrogen-bond acceptors (Lipinski definition) is 3. The maximum atomic E-state index is 12.5. The lowest BCUT2D eigenvalue weighted by molar-refractivity contribution is -0.137. The molecule has 1 aromatic carbocycles. The van der Waals surface area contributed by atoms with Crippen molar-refractivity contribution in [3.63, 3.8) is 0 Å². The Hall–Kier alpha value is -2.31. The third kappa shape index (κ3) is 3.62. The molecule has 0 spiro atoms. The smallest absolute Gasteiger partial charge is 0.416 e. The first-order chi connectivity index (χ1) is 9.91. The predicted octanol–water partition coefficient (Wildman–Crippen LogP) is 3.20. The molecule has 1 heterocycles. The van der Waals surface area contributed by atoms with Crippen LogP contribution in [0.1, 0.15) is 34.1 Å². The zero-order valence-corrected chi connectivity index (χ0v) is 11.2. The van der Waals surface area contributed by atoms with Crippen molar-refractivity contribution in [3.05, 3.63) is 52.8 Å². The highest BCUT2D eigenvalue weighted by Crippen LogP contribution is 2.29. The Labute approximate surface area is 118 Å². The summed E-state index contributed by atoms with van der Waals surface area (Å²) in [6.45, 7) is 1.93. The van der Waals surface area contributed by atoms with Gasteiger partial charge in [0.15, 0.2) is 0 Å². The van der Waals surface area contributed by atoms with Gasteiger partial charge in [-0.15, -0.1) is 0 Å². The van der Waals surface area contributed by atoms with Crippen LogP contribution in [0.15, 0.2) is 30.5 Å². The van der Waals surface area contributed by atoms with Crippen LogP contribution in [0.5, 0.6) is 0 Å². The Balaban J connectivity index is 2.16. The standard InChI is InChI=1S/C14H13F3N2O2/c1-2-21-13(20)11-8-18-19-12(11)7-9-3-5-10(6-4-9)14(15,16)17/h3-6,8H,2,7H2,1H3,(H,18,19). The number of H-pyrrole nitrogens is 1. The van der Waals surface area contributed by atoms with Crippen molar-refractivity contribution in [3.8, 4) is 0 Å². The molecular weight excluding hydrogens is 285 g/mol. The molecule has 1 N–H and O–H groups in total. The van der Waals surface area contributed by atoms with Crippen LogP contribution >= 0.6 is 0 Å². The van der Waals surface area contributed by atoms with Crippen molar-refractivity contribution >= 4 is 5.97 Å². The van der Waals surface area contributed by atoms with E-state index in [1.165, 1.54) is 18.3 Å². The highest BCUT2D eigenvalue weighted by atomic mass is 19.4. The molecule has 0 saturated carbocycles. The monoisotopic (exact) mass is 298 g/mol. The molecule has 21 heavy (non-hydrogen) atoms. The summed E-state index contributed by atoms with van der Waals surface area (Å²) in [5, 5.41) is 6.44.